The summed E-state index contributed by atoms with van der Waals surface area (Å²) in [7, 11) is 2.59. The van der Waals surface area contributed by atoms with Crippen LogP contribution in [0.15, 0.2) is 30.3 Å². The molecule has 1 amide bonds. The summed E-state index contributed by atoms with van der Waals surface area (Å²) >= 11 is 5.11. The zero-order valence-electron chi connectivity index (χ0n) is 15.3. The number of methoxy groups -OCH3 is 2. The molecule has 0 saturated heterocycles. The highest BCUT2D eigenvalue weighted by molar-refractivity contribution is 7.80. The molecule has 11 heteroatoms. The molecule has 2 N–H and O–H groups in total. The molecule has 0 radical (unpaired) electrons. The minimum absolute atomic E-state index is 0.0141. The summed E-state index contributed by atoms with van der Waals surface area (Å²) in [5, 5.41) is 8.79. The average molecular weight is 406 g/mol. The molecule has 2 rings (SSSR count). The Morgan fingerprint density at radius 1 is 1.21 bits per heavy atom. The van der Waals surface area contributed by atoms with Crippen LogP contribution in [0.4, 0.5) is 10.6 Å². The second-order valence-corrected chi connectivity index (χ2v) is 5.53. The summed E-state index contributed by atoms with van der Waals surface area (Å²) in [4.78, 5) is 36.1. The van der Waals surface area contributed by atoms with Gasteiger partial charge in [-0.2, -0.15) is 5.10 Å². The van der Waals surface area contributed by atoms with E-state index >= 15 is 0 Å². The molecule has 148 valence electrons. The molecule has 10 nitrogen and oxygen atoms in total. The largest absolute Gasteiger partial charge is 0.496 e. The Labute approximate surface area is 165 Å². The van der Waals surface area contributed by atoms with Crippen molar-refractivity contribution < 1.29 is 28.6 Å². The fourth-order valence-electron chi connectivity index (χ4n) is 2.15. The third-order valence-corrected chi connectivity index (χ3v) is 3.57. The van der Waals surface area contributed by atoms with Crippen molar-refractivity contribution in [2.45, 2.75) is 6.92 Å². The van der Waals surface area contributed by atoms with Crippen molar-refractivity contribution >= 4 is 41.1 Å². The number of hydrogen-bond donors (Lipinski definition) is 2. The molecule has 1 aromatic carbocycles. The van der Waals surface area contributed by atoms with E-state index in [1.807, 2.05) is 0 Å². The number of nitrogens with one attached hydrogen (secondary N) is 2. The van der Waals surface area contributed by atoms with E-state index in [2.05, 4.69) is 20.5 Å². The van der Waals surface area contributed by atoms with Crippen molar-refractivity contribution in [3.05, 3.63) is 41.6 Å². The first-order chi connectivity index (χ1) is 13.4. The van der Waals surface area contributed by atoms with Crippen molar-refractivity contribution in [2.24, 2.45) is 0 Å². The Morgan fingerprint density at radius 3 is 2.57 bits per heavy atom. The molecule has 1 heterocycles. The molecule has 28 heavy (non-hydrogen) atoms. The predicted octanol–water partition coefficient (Wildman–Crippen LogP) is 1.81. The van der Waals surface area contributed by atoms with Crippen molar-refractivity contribution in [3.8, 4) is 5.75 Å². The van der Waals surface area contributed by atoms with E-state index < -0.39 is 18.0 Å². The maximum absolute atomic E-state index is 12.4. The van der Waals surface area contributed by atoms with Crippen LogP contribution in [0.2, 0.25) is 0 Å². The number of nitrogens with zero attached hydrogens (tertiary/aromatic N) is 2. The lowest BCUT2D eigenvalue weighted by Crippen LogP contribution is -2.35. The SMILES string of the molecule is CCOC(=O)c1cc(NC(=S)NC(=O)c2ccccc2OC)n(C(=O)OC)n1. The van der Waals surface area contributed by atoms with E-state index in [1.54, 1.807) is 31.2 Å². The van der Waals surface area contributed by atoms with Crippen molar-refractivity contribution in [1.82, 2.24) is 15.1 Å². The van der Waals surface area contributed by atoms with Crippen LogP contribution in [0.5, 0.6) is 5.75 Å². The van der Waals surface area contributed by atoms with E-state index in [0.717, 1.165) is 11.8 Å². The van der Waals surface area contributed by atoms with Crippen LogP contribution in [0, 0.1) is 0 Å². The van der Waals surface area contributed by atoms with Gasteiger partial charge in [0.05, 0.1) is 26.4 Å². The summed E-state index contributed by atoms with van der Waals surface area (Å²) in [5.41, 5.74) is 0.136. The summed E-state index contributed by atoms with van der Waals surface area (Å²) in [6.45, 7) is 1.77. The third kappa shape index (κ3) is 4.82. The molecule has 0 spiro atoms. The number of thiocarbonyl (C=S) groups is 1. The van der Waals surface area contributed by atoms with E-state index in [0.29, 0.717) is 5.75 Å². The first kappa shape index (κ1) is 20.8. The third-order valence-electron chi connectivity index (χ3n) is 3.36. The van der Waals surface area contributed by atoms with Gasteiger partial charge in [-0.15, -0.1) is 4.68 Å². The Morgan fingerprint density at radius 2 is 1.93 bits per heavy atom. The van der Waals surface area contributed by atoms with Crippen LogP contribution >= 0.6 is 12.2 Å². The van der Waals surface area contributed by atoms with Crippen molar-refractivity contribution in [1.29, 1.82) is 0 Å². The van der Waals surface area contributed by atoms with Crippen LogP contribution < -0.4 is 15.4 Å². The van der Waals surface area contributed by atoms with Crippen LogP contribution in [-0.2, 0) is 9.47 Å². The van der Waals surface area contributed by atoms with Gasteiger partial charge in [-0.1, -0.05) is 12.1 Å². The van der Waals surface area contributed by atoms with Crippen molar-refractivity contribution in [3.63, 3.8) is 0 Å². The summed E-state index contributed by atoms with van der Waals surface area (Å²) in [6.07, 6.45) is -0.864. The number of hydrogen-bond acceptors (Lipinski definition) is 8. The monoisotopic (exact) mass is 406 g/mol. The Kier molecular flexibility index (Phi) is 7.04. The van der Waals surface area contributed by atoms with E-state index in [9.17, 15) is 14.4 Å². The van der Waals surface area contributed by atoms with Gasteiger partial charge in [0.1, 0.15) is 11.6 Å². The van der Waals surface area contributed by atoms with Gasteiger partial charge >= 0.3 is 12.1 Å². The number of amides is 1. The average Bonchev–Trinajstić information content (AvgIpc) is 3.11. The second kappa shape index (κ2) is 9.46. The maximum Gasteiger partial charge on any atom is 0.436 e. The highest BCUT2D eigenvalue weighted by Gasteiger charge is 2.21. The maximum atomic E-state index is 12.4. The number of esters is 1. The van der Waals surface area contributed by atoms with Gasteiger partial charge in [-0.25, -0.2) is 9.59 Å². The quantitative estimate of drug-likeness (QED) is 0.565. The molecule has 0 fully saturated rings. The lowest BCUT2D eigenvalue weighted by atomic mass is 10.2. The molecule has 0 bridgehead atoms. The molecule has 0 unspecified atom stereocenters. The van der Waals surface area contributed by atoms with Crippen LogP contribution in [-0.4, -0.2) is 53.7 Å². The van der Waals surface area contributed by atoms with Gasteiger partial charge in [0.15, 0.2) is 10.8 Å². The topological polar surface area (TPSA) is 121 Å². The van der Waals surface area contributed by atoms with Gasteiger partial charge in [0, 0.05) is 6.07 Å². The van der Waals surface area contributed by atoms with Gasteiger partial charge in [0.2, 0.25) is 0 Å². The van der Waals surface area contributed by atoms with Gasteiger partial charge in [0.25, 0.3) is 5.91 Å². The van der Waals surface area contributed by atoms with E-state index in [1.165, 1.54) is 13.2 Å². The molecule has 2 aromatic rings. The van der Waals surface area contributed by atoms with Gasteiger partial charge in [-0.3, -0.25) is 10.1 Å². The smallest absolute Gasteiger partial charge is 0.436 e. The predicted molar refractivity (Wildman–Crippen MR) is 103 cm³/mol. The van der Waals surface area contributed by atoms with Gasteiger partial charge < -0.3 is 19.5 Å². The van der Waals surface area contributed by atoms with E-state index in [-0.39, 0.29) is 28.8 Å². The van der Waals surface area contributed by atoms with Crippen LogP contribution in [0.3, 0.4) is 0 Å². The lowest BCUT2D eigenvalue weighted by Gasteiger charge is -2.11. The Bertz CT molecular complexity index is 911. The highest BCUT2D eigenvalue weighted by atomic mass is 32.1. The van der Waals surface area contributed by atoms with E-state index in [4.69, 9.17) is 21.7 Å². The number of rotatable bonds is 5. The number of anilines is 1. The molecular weight excluding hydrogens is 388 g/mol. The Balaban J connectivity index is 2.19. The lowest BCUT2D eigenvalue weighted by molar-refractivity contribution is 0.0518. The molecular formula is C17H18N4O6S. The number of aromatic nitrogens is 2. The number of para-hydroxylation sites is 1. The molecule has 0 atom stereocenters. The normalized spacial score (nSPS) is 9.96. The van der Waals surface area contributed by atoms with Crippen molar-refractivity contribution in [2.75, 3.05) is 26.1 Å². The number of carbonyl (C=O) groups is 3. The molecule has 1 aromatic heterocycles. The molecule has 0 saturated carbocycles. The minimum Gasteiger partial charge on any atom is -0.496 e. The molecule has 0 aliphatic heterocycles. The minimum atomic E-state index is -0.864. The van der Waals surface area contributed by atoms with Crippen LogP contribution in [0.25, 0.3) is 0 Å². The summed E-state index contributed by atoms with van der Waals surface area (Å²) in [5.74, 6) is -0.867. The zero-order valence-corrected chi connectivity index (χ0v) is 16.2. The summed E-state index contributed by atoms with van der Waals surface area (Å²) < 4.78 is 15.4. The second-order valence-electron chi connectivity index (χ2n) is 5.13. The highest BCUT2D eigenvalue weighted by Crippen LogP contribution is 2.17. The standard InChI is InChI=1S/C17H18N4O6S/c1-4-27-15(23)11-9-13(21(20-11)17(24)26-3)18-16(28)19-14(22)10-7-5-6-8-12(10)25-2/h5-9H,4H2,1-3H3,(H2,18,19,22,28). The number of benzene rings is 1. The first-order valence-corrected chi connectivity index (χ1v) is 8.42. The molecule has 0 aliphatic carbocycles. The fourth-order valence-corrected chi connectivity index (χ4v) is 2.35. The van der Waals surface area contributed by atoms with Gasteiger partial charge in [-0.05, 0) is 31.3 Å². The first-order valence-electron chi connectivity index (χ1n) is 8.02. The fraction of sp³-hybridized carbons (Fsp3) is 0.235. The van der Waals surface area contributed by atoms with Crippen LogP contribution in [0.1, 0.15) is 27.8 Å². The number of ether oxygens (including phenoxy) is 3. The summed E-state index contributed by atoms with van der Waals surface area (Å²) in [6, 6.07) is 7.83. The zero-order chi connectivity index (χ0) is 20.7. The number of carbonyl (C=O) groups excluding carboxylic acids is 3. The molecule has 0 aliphatic rings. The Hall–Kier alpha value is -3.47.